The van der Waals surface area contributed by atoms with Gasteiger partial charge in [-0.2, -0.15) is 0 Å². The summed E-state index contributed by atoms with van der Waals surface area (Å²) in [6, 6.07) is 15.2. The maximum Gasteiger partial charge on any atom is 0.234 e. The van der Waals surface area contributed by atoms with E-state index in [9.17, 15) is 4.79 Å². The quantitative estimate of drug-likeness (QED) is 0.679. The molecular weight excluding hydrogens is 356 g/mol. The van der Waals surface area contributed by atoms with Crippen LogP contribution in [0.2, 0.25) is 5.02 Å². The normalized spacial score (nSPS) is 10.7. The van der Waals surface area contributed by atoms with Crippen molar-refractivity contribution in [3.05, 3.63) is 64.9 Å². The SMILES string of the molecule is Cc1cccc(NC(=O)CSc2nnc(C)n2-c2cccc(Cl)c2)c1. The van der Waals surface area contributed by atoms with Crippen LogP contribution in [0.1, 0.15) is 11.4 Å². The second-order valence-corrected chi connectivity index (χ2v) is 6.93. The summed E-state index contributed by atoms with van der Waals surface area (Å²) in [4.78, 5) is 12.2. The van der Waals surface area contributed by atoms with Gasteiger partial charge in [-0.3, -0.25) is 9.36 Å². The standard InChI is InChI=1S/C18H17ClN4OS/c1-12-5-3-7-15(9-12)20-17(24)11-25-18-22-21-13(2)23(18)16-8-4-6-14(19)10-16/h3-10H,11H2,1-2H3,(H,20,24). The highest BCUT2D eigenvalue weighted by Gasteiger charge is 2.13. The molecule has 0 unspecified atom stereocenters. The van der Waals surface area contributed by atoms with Gasteiger partial charge in [0.2, 0.25) is 5.91 Å². The molecule has 5 nitrogen and oxygen atoms in total. The van der Waals surface area contributed by atoms with E-state index >= 15 is 0 Å². The molecule has 0 bridgehead atoms. The Bertz CT molecular complexity index is 910. The molecule has 25 heavy (non-hydrogen) atoms. The fraction of sp³-hybridized carbons (Fsp3) is 0.167. The number of aromatic nitrogens is 3. The lowest BCUT2D eigenvalue weighted by atomic mass is 10.2. The molecule has 0 saturated carbocycles. The molecule has 1 amide bonds. The second-order valence-electron chi connectivity index (χ2n) is 5.55. The highest BCUT2D eigenvalue weighted by atomic mass is 35.5. The van der Waals surface area contributed by atoms with Gasteiger partial charge in [0, 0.05) is 10.7 Å². The van der Waals surface area contributed by atoms with Crippen LogP contribution in [-0.2, 0) is 4.79 Å². The van der Waals surface area contributed by atoms with Gasteiger partial charge in [-0.05, 0) is 49.7 Å². The number of hydrogen-bond donors (Lipinski definition) is 1. The number of hydrogen-bond acceptors (Lipinski definition) is 4. The summed E-state index contributed by atoms with van der Waals surface area (Å²) < 4.78 is 1.89. The van der Waals surface area contributed by atoms with Gasteiger partial charge in [-0.15, -0.1) is 10.2 Å². The predicted octanol–water partition coefficient (Wildman–Crippen LogP) is 4.27. The minimum absolute atomic E-state index is 0.0890. The van der Waals surface area contributed by atoms with Crippen molar-refractivity contribution in [1.82, 2.24) is 14.8 Å². The van der Waals surface area contributed by atoms with Crippen LogP contribution in [0.5, 0.6) is 0 Å². The van der Waals surface area contributed by atoms with Crippen molar-refractivity contribution in [3.8, 4) is 5.69 Å². The Kier molecular flexibility index (Phi) is 5.40. The topological polar surface area (TPSA) is 59.8 Å². The zero-order valence-electron chi connectivity index (χ0n) is 13.9. The lowest BCUT2D eigenvalue weighted by molar-refractivity contribution is -0.113. The number of rotatable bonds is 5. The molecule has 2 aromatic carbocycles. The third kappa shape index (κ3) is 4.41. The first-order chi connectivity index (χ1) is 12.0. The Labute approximate surface area is 155 Å². The largest absolute Gasteiger partial charge is 0.325 e. The molecule has 1 heterocycles. The number of amides is 1. The molecule has 0 saturated heterocycles. The molecule has 0 aliphatic heterocycles. The van der Waals surface area contributed by atoms with Crippen molar-refractivity contribution in [2.24, 2.45) is 0 Å². The Morgan fingerprint density at radius 3 is 2.72 bits per heavy atom. The average Bonchev–Trinajstić information content (AvgIpc) is 2.94. The van der Waals surface area contributed by atoms with Crippen molar-refractivity contribution in [1.29, 1.82) is 0 Å². The molecular formula is C18H17ClN4OS. The number of aryl methyl sites for hydroxylation is 2. The molecule has 3 rings (SSSR count). The van der Waals surface area contributed by atoms with Crippen molar-refractivity contribution in [3.63, 3.8) is 0 Å². The van der Waals surface area contributed by atoms with Gasteiger partial charge in [-0.25, -0.2) is 0 Å². The minimum Gasteiger partial charge on any atom is -0.325 e. The summed E-state index contributed by atoms with van der Waals surface area (Å²) in [6.07, 6.45) is 0. The van der Waals surface area contributed by atoms with Crippen LogP contribution in [0, 0.1) is 13.8 Å². The highest BCUT2D eigenvalue weighted by molar-refractivity contribution is 7.99. The van der Waals surface area contributed by atoms with Crippen LogP contribution in [0.3, 0.4) is 0 Å². The number of thioether (sulfide) groups is 1. The van der Waals surface area contributed by atoms with Crippen LogP contribution >= 0.6 is 23.4 Å². The predicted molar refractivity (Wildman–Crippen MR) is 102 cm³/mol. The van der Waals surface area contributed by atoms with E-state index in [2.05, 4.69) is 15.5 Å². The maximum atomic E-state index is 12.2. The van der Waals surface area contributed by atoms with Gasteiger partial charge in [0.05, 0.1) is 11.4 Å². The van der Waals surface area contributed by atoms with Gasteiger partial charge in [0.15, 0.2) is 5.16 Å². The van der Waals surface area contributed by atoms with E-state index in [0.29, 0.717) is 10.2 Å². The Morgan fingerprint density at radius 1 is 1.16 bits per heavy atom. The van der Waals surface area contributed by atoms with E-state index in [-0.39, 0.29) is 11.7 Å². The lowest BCUT2D eigenvalue weighted by Gasteiger charge is -2.09. The fourth-order valence-corrected chi connectivity index (χ4v) is 3.38. The average molecular weight is 373 g/mol. The first kappa shape index (κ1) is 17.5. The molecule has 0 fully saturated rings. The van der Waals surface area contributed by atoms with Crippen LogP contribution in [0.4, 0.5) is 5.69 Å². The van der Waals surface area contributed by atoms with Crippen LogP contribution < -0.4 is 5.32 Å². The van der Waals surface area contributed by atoms with Gasteiger partial charge >= 0.3 is 0 Å². The molecule has 0 radical (unpaired) electrons. The zero-order chi connectivity index (χ0) is 17.8. The summed E-state index contributed by atoms with van der Waals surface area (Å²) in [5.41, 5.74) is 2.76. The van der Waals surface area contributed by atoms with E-state index in [1.165, 1.54) is 11.8 Å². The molecule has 0 spiro atoms. The van der Waals surface area contributed by atoms with Gasteiger partial charge < -0.3 is 5.32 Å². The number of carbonyl (C=O) groups is 1. The second kappa shape index (κ2) is 7.72. The Balaban J connectivity index is 1.71. The Morgan fingerprint density at radius 2 is 1.96 bits per heavy atom. The monoisotopic (exact) mass is 372 g/mol. The molecule has 1 N–H and O–H groups in total. The number of benzene rings is 2. The molecule has 3 aromatic rings. The van der Waals surface area contributed by atoms with Crippen LogP contribution in [-0.4, -0.2) is 26.4 Å². The number of nitrogens with one attached hydrogen (secondary N) is 1. The Hall–Kier alpha value is -2.31. The first-order valence-electron chi connectivity index (χ1n) is 7.70. The maximum absolute atomic E-state index is 12.2. The van der Waals surface area contributed by atoms with E-state index in [1.54, 1.807) is 0 Å². The summed E-state index contributed by atoms with van der Waals surface area (Å²) in [5, 5.41) is 12.5. The zero-order valence-corrected chi connectivity index (χ0v) is 15.4. The molecule has 7 heteroatoms. The number of carbonyl (C=O) groups excluding carboxylic acids is 1. The highest BCUT2D eigenvalue weighted by Crippen LogP contribution is 2.24. The van der Waals surface area contributed by atoms with Crippen molar-refractivity contribution in [2.75, 3.05) is 11.1 Å². The van der Waals surface area contributed by atoms with E-state index < -0.39 is 0 Å². The fourth-order valence-electron chi connectivity index (χ4n) is 2.40. The molecule has 128 valence electrons. The number of nitrogens with zero attached hydrogens (tertiary/aromatic N) is 3. The van der Waals surface area contributed by atoms with Gasteiger partial charge in [0.1, 0.15) is 5.82 Å². The van der Waals surface area contributed by atoms with E-state index in [4.69, 9.17) is 11.6 Å². The van der Waals surface area contributed by atoms with Gasteiger partial charge in [0.25, 0.3) is 0 Å². The minimum atomic E-state index is -0.0890. The van der Waals surface area contributed by atoms with Crippen LogP contribution in [0.15, 0.2) is 53.7 Å². The van der Waals surface area contributed by atoms with Crippen molar-refractivity contribution < 1.29 is 4.79 Å². The first-order valence-corrected chi connectivity index (χ1v) is 9.06. The van der Waals surface area contributed by atoms with Crippen LogP contribution in [0.25, 0.3) is 5.69 Å². The molecule has 0 aliphatic rings. The summed E-state index contributed by atoms with van der Waals surface area (Å²) >= 11 is 7.41. The smallest absolute Gasteiger partial charge is 0.234 e. The van der Waals surface area contributed by atoms with Gasteiger partial charge in [-0.1, -0.05) is 41.6 Å². The lowest BCUT2D eigenvalue weighted by Crippen LogP contribution is -2.14. The third-order valence-corrected chi connectivity index (χ3v) is 4.66. The summed E-state index contributed by atoms with van der Waals surface area (Å²) in [6.45, 7) is 3.85. The molecule has 1 aromatic heterocycles. The third-order valence-electron chi connectivity index (χ3n) is 3.50. The van der Waals surface area contributed by atoms with E-state index in [1.807, 2.05) is 66.9 Å². The van der Waals surface area contributed by atoms with E-state index in [0.717, 1.165) is 22.8 Å². The summed E-state index contributed by atoms with van der Waals surface area (Å²) in [5.74, 6) is 0.893. The number of halogens is 1. The molecule has 0 aliphatic carbocycles. The summed E-state index contributed by atoms with van der Waals surface area (Å²) in [7, 11) is 0. The number of anilines is 1. The van der Waals surface area contributed by atoms with Crippen molar-refractivity contribution >= 4 is 35.0 Å². The molecule has 0 atom stereocenters. The van der Waals surface area contributed by atoms with Crippen molar-refractivity contribution in [2.45, 2.75) is 19.0 Å².